The van der Waals surface area contributed by atoms with Crippen LogP contribution in [0.4, 0.5) is 0 Å². The van der Waals surface area contributed by atoms with E-state index in [0.717, 1.165) is 25.7 Å². The molecule has 0 bridgehead atoms. The van der Waals surface area contributed by atoms with Gasteiger partial charge in [-0.2, -0.15) is 0 Å². The molecule has 0 amide bonds. The lowest BCUT2D eigenvalue weighted by atomic mass is 10.2. The molecule has 0 saturated heterocycles. The second-order valence-corrected chi connectivity index (χ2v) is 7.22. The van der Waals surface area contributed by atoms with E-state index >= 15 is 0 Å². The van der Waals surface area contributed by atoms with Crippen LogP contribution in [0.5, 0.6) is 0 Å². The Bertz CT molecular complexity index is 284. The number of halogens is 1. The van der Waals surface area contributed by atoms with Crippen LogP contribution in [0.25, 0.3) is 0 Å². The van der Waals surface area contributed by atoms with Gasteiger partial charge in [-0.05, 0) is 33.1 Å². The predicted molar refractivity (Wildman–Crippen MR) is 63.7 cm³/mol. The Hall–Kier alpha value is 0.200. The number of hydrogen-bond acceptors (Lipinski definition) is 2. The third kappa shape index (κ3) is 4.29. The molecule has 0 aliphatic heterocycles. The first-order chi connectivity index (χ1) is 6.92. The number of hydrogen-bond donors (Lipinski definition) is 1. The minimum atomic E-state index is -3.11. The molecule has 90 valence electrons. The zero-order valence-electron chi connectivity index (χ0n) is 9.37. The van der Waals surface area contributed by atoms with Crippen LogP contribution in [-0.2, 0) is 10.0 Å². The van der Waals surface area contributed by atoms with Gasteiger partial charge in [0.1, 0.15) is 0 Å². The summed E-state index contributed by atoms with van der Waals surface area (Å²) in [5, 5.41) is -0.170. The fraction of sp³-hybridized carbons (Fsp3) is 1.00. The quantitative estimate of drug-likeness (QED) is 0.764. The molecule has 0 heterocycles. The standard InChI is InChI=1S/C10H20ClNO2S/c1-8(11)7-9(2)12-15(13,14)10-5-3-4-6-10/h8-10,12H,3-7H2,1-2H3. The van der Waals surface area contributed by atoms with Gasteiger partial charge in [0.15, 0.2) is 0 Å². The highest BCUT2D eigenvalue weighted by atomic mass is 35.5. The lowest BCUT2D eigenvalue weighted by molar-refractivity contribution is 0.532. The van der Waals surface area contributed by atoms with E-state index in [0.29, 0.717) is 6.42 Å². The van der Waals surface area contributed by atoms with Gasteiger partial charge in [-0.1, -0.05) is 12.8 Å². The summed E-state index contributed by atoms with van der Waals surface area (Å²) in [5.41, 5.74) is 0. The van der Waals surface area contributed by atoms with Gasteiger partial charge in [0.2, 0.25) is 10.0 Å². The molecule has 2 unspecified atom stereocenters. The molecule has 0 aromatic carbocycles. The van der Waals surface area contributed by atoms with Crippen molar-refractivity contribution in [2.24, 2.45) is 0 Å². The monoisotopic (exact) mass is 253 g/mol. The Morgan fingerprint density at radius 2 is 1.87 bits per heavy atom. The van der Waals surface area contributed by atoms with Crippen molar-refractivity contribution in [1.29, 1.82) is 0 Å². The van der Waals surface area contributed by atoms with E-state index in [4.69, 9.17) is 11.6 Å². The lowest BCUT2D eigenvalue weighted by Crippen LogP contribution is -2.39. The van der Waals surface area contributed by atoms with E-state index in [9.17, 15) is 8.42 Å². The highest BCUT2D eigenvalue weighted by Crippen LogP contribution is 2.24. The van der Waals surface area contributed by atoms with E-state index < -0.39 is 10.0 Å². The molecule has 1 fully saturated rings. The first-order valence-corrected chi connectivity index (χ1v) is 7.55. The Kier molecular flexibility index (Phi) is 4.87. The van der Waals surface area contributed by atoms with Crippen molar-refractivity contribution in [3.05, 3.63) is 0 Å². The van der Waals surface area contributed by atoms with E-state index in [1.807, 2.05) is 13.8 Å². The van der Waals surface area contributed by atoms with Gasteiger partial charge in [0, 0.05) is 11.4 Å². The summed E-state index contributed by atoms with van der Waals surface area (Å²) in [6.07, 6.45) is 4.35. The summed E-state index contributed by atoms with van der Waals surface area (Å²) in [6.45, 7) is 3.74. The van der Waals surface area contributed by atoms with Crippen molar-refractivity contribution in [2.75, 3.05) is 0 Å². The molecule has 2 atom stereocenters. The molecule has 1 rings (SSSR count). The zero-order chi connectivity index (χ0) is 11.5. The maximum Gasteiger partial charge on any atom is 0.214 e. The molecular formula is C10H20ClNO2S. The van der Waals surface area contributed by atoms with Crippen LogP contribution in [0, 0.1) is 0 Å². The smallest absolute Gasteiger partial charge is 0.212 e. The van der Waals surface area contributed by atoms with Crippen LogP contribution in [-0.4, -0.2) is 25.1 Å². The topological polar surface area (TPSA) is 46.2 Å². The fourth-order valence-electron chi connectivity index (χ4n) is 2.11. The zero-order valence-corrected chi connectivity index (χ0v) is 10.9. The number of nitrogens with one attached hydrogen (secondary N) is 1. The molecule has 0 aromatic heterocycles. The molecule has 5 heteroatoms. The fourth-order valence-corrected chi connectivity index (χ4v) is 4.18. The Labute approximate surface area is 97.6 Å². The van der Waals surface area contributed by atoms with Gasteiger partial charge in [0.25, 0.3) is 0 Å². The van der Waals surface area contributed by atoms with Crippen LogP contribution in [0.1, 0.15) is 46.0 Å². The highest BCUT2D eigenvalue weighted by Gasteiger charge is 2.29. The summed E-state index contributed by atoms with van der Waals surface area (Å²) in [6, 6.07) is -0.0666. The Morgan fingerprint density at radius 1 is 1.33 bits per heavy atom. The van der Waals surface area contributed by atoms with Crippen molar-refractivity contribution in [2.45, 2.75) is 62.6 Å². The predicted octanol–water partition coefficient (Wildman–Crippen LogP) is 2.25. The van der Waals surface area contributed by atoms with Crippen LogP contribution in [0.3, 0.4) is 0 Å². The number of rotatable bonds is 5. The van der Waals surface area contributed by atoms with E-state index in [2.05, 4.69) is 4.72 Å². The average molecular weight is 254 g/mol. The molecule has 1 N–H and O–H groups in total. The third-order valence-corrected chi connectivity index (χ3v) is 5.04. The molecular weight excluding hydrogens is 234 g/mol. The average Bonchev–Trinajstić information content (AvgIpc) is 2.51. The summed E-state index contributed by atoms with van der Waals surface area (Å²) < 4.78 is 26.5. The molecule has 0 spiro atoms. The van der Waals surface area contributed by atoms with Crippen molar-refractivity contribution < 1.29 is 8.42 Å². The Balaban J connectivity index is 2.48. The lowest BCUT2D eigenvalue weighted by Gasteiger charge is -2.18. The van der Waals surface area contributed by atoms with Crippen molar-refractivity contribution in [1.82, 2.24) is 4.72 Å². The van der Waals surface area contributed by atoms with Gasteiger partial charge in [-0.15, -0.1) is 11.6 Å². The van der Waals surface area contributed by atoms with Crippen molar-refractivity contribution >= 4 is 21.6 Å². The first kappa shape index (κ1) is 13.3. The normalized spacial score (nSPS) is 22.9. The van der Waals surface area contributed by atoms with Gasteiger partial charge in [0.05, 0.1) is 5.25 Å². The van der Waals surface area contributed by atoms with Gasteiger partial charge >= 0.3 is 0 Å². The molecule has 1 saturated carbocycles. The summed E-state index contributed by atoms with van der Waals surface area (Å²) in [7, 11) is -3.11. The van der Waals surface area contributed by atoms with Crippen molar-refractivity contribution in [3.63, 3.8) is 0 Å². The van der Waals surface area contributed by atoms with Gasteiger partial charge in [-0.25, -0.2) is 13.1 Å². The van der Waals surface area contributed by atoms with Crippen LogP contribution < -0.4 is 4.72 Å². The van der Waals surface area contributed by atoms with Crippen molar-refractivity contribution in [3.8, 4) is 0 Å². The summed E-state index contributed by atoms with van der Waals surface area (Å²) >= 11 is 5.83. The van der Waals surface area contributed by atoms with Crippen LogP contribution in [0.2, 0.25) is 0 Å². The van der Waals surface area contributed by atoms with E-state index in [-0.39, 0.29) is 16.7 Å². The first-order valence-electron chi connectivity index (χ1n) is 5.57. The SMILES string of the molecule is CC(Cl)CC(C)NS(=O)(=O)C1CCCC1. The second-order valence-electron chi connectivity index (χ2n) is 4.49. The number of alkyl halides is 1. The summed E-state index contributed by atoms with van der Waals surface area (Å²) in [4.78, 5) is 0. The molecule has 15 heavy (non-hydrogen) atoms. The van der Waals surface area contributed by atoms with E-state index in [1.54, 1.807) is 0 Å². The van der Waals surface area contributed by atoms with Crippen LogP contribution >= 0.6 is 11.6 Å². The molecule has 1 aliphatic carbocycles. The summed E-state index contributed by atoms with van der Waals surface area (Å²) in [5.74, 6) is 0. The molecule has 1 aliphatic rings. The molecule has 0 aromatic rings. The maximum absolute atomic E-state index is 11.9. The van der Waals surface area contributed by atoms with Gasteiger partial charge in [-0.3, -0.25) is 0 Å². The third-order valence-electron chi connectivity index (χ3n) is 2.78. The maximum atomic E-state index is 11.9. The minimum Gasteiger partial charge on any atom is -0.212 e. The highest BCUT2D eigenvalue weighted by molar-refractivity contribution is 7.90. The Morgan fingerprint density at radius 3 is 2.33 bits per heavy atom. The van der Waals surface area contributed by atoms with Gasteiger partial charge < -0.3 is 0 Å². The number of sulfonamides is 1. The largest absolute Gasteiger partial charge is 0.214 e. The van der Waals surface area contributed by atoms with Crippen LogP contribution in [0.15, 0.2) is 0 Å². The minimum absolute atomic E-state index is 0.00581. The molecule has 0 radical (unpaired) electrons. The molecule has 3 nitrogen and oxygen atoms in total. The second kappa shape index (κ2) is 5.51. The van der Waals surface area contributed by atoms with E-state index in [1.165, 1.54) is 0 Å².